The molecule has 11 heteroatoms. The SMILES string of the molecule is CC(c1nc(Nc2ccccc2)c2ccccc2n1)N1CCN(S(=O)(=O)c2ccc(C(F)(F)F)cc2)CC1. The highest BCUT2D eigenvalue weighted by molar-refractivity contribution is 7.89. The Hall–Kier alpha value is -3.54. The lowest BCUT2D eigenvalue weighted by Crippen LogP contribution is -2.49. The van der Waals surface area contributed by atoms with Crippen molar-refractivity contribution in [1.82, 2.24) is 19.2 Å². The van der Waals surface area contributed by atoms with Gasteiger partial charge in [-0.3, -0.25) is 4.90 Å². The number of rotatable bonds is 6. The van der Waals surface area contributed by atoms with Crippen molar-refractivity contribution in [2.75, 3.05) is 31.5 Å². The average molecular weight is 542 g/mol. The first-order valence-corrected chi connectivity index (χ1v) is 13.6. The summed E-state index contributed by atoms with van der Waals surface area (Å²) >= 11 is 0. The van der Waals surface area contributed by atoms with Crippen LogP contribution < -0.4 is 5.32 Å². The van der Waals surface area contributed by atoms with Gasteiger partial charge >= 0.3 is 6.18 Å². The van der Waals surface area contributed by atoms with Gasteiger partial charge in [0.25, 0.3) is 0 Å². The molecule has 0 bridgehead atoms. The first-order valence-electron chi connectivity index (χ1n) is 12.1. The summed E-state index contributed by atoms with van der Waals surface area (Å²) in [5.41, 5.74) is 0.815. The van der Waals surface area contributed by atoms with Crippen LogP contribution in [0.25, 0.3) is 10.9 Å². The molecular weight excluding hydrogens is 515 g/mol. The van der Waals surface area contributed by atoms with Gasteiger partial charge in [-0.05, 0) is 55.5 Å². The summed E-state index contributed by atoms with van der Waals surface area (Å²) in [6, 6.07) is 20.9. The Labute approximate surface area is 219 Å². The minimum absolute atomic E-state index is 0.151. The van der Waals surface area contributed by atoms with Crippen LogP contribution in [0.5, 0.6) is 0 Å². The van der Waals surface area contributed by atoms with Crippen molar-refractivity contribution < 1.29 is 21.6 Å². The molecule has 0 spiro atoms. The van der Waals surface area contributed by atoms with Crippen molar-refractivity contribution >= 4 is 32.4 Å². The minimum atomic E-state index is -4.52. The second-order valence-electron chi connectivity index (χ2n) is 9.08. The van der Waals surface area contributed by atoms with E-state index in [1.54, 1.807) is 0 Å². The second kappa shape index (κ2) is 10.3. The molecule has 1 fully saturated rings. The molecule has 0 radical (unpaired) electrons. The van der Waals surface area contributed by atoms with E-state index in [1.807, 2.05) is 61.5 Å². The fourth-order valence-corrected chi connectivity index (χ4v) is 5.92. The fourth-order valence-electron chi connectivity index (χ4n) is 4.49. The van der Waals surface area contributed by atoms with E-state index < -0.39 is 21.8 Å². The molecule has 4 aromatic rings. The van der Waals surface area contributed by atoms with Gasteiger partial charge in [-0.25, -0.2) is 18.4 Å². The van der Waals surface area contributed by atoms with E-state index in [9.17, 15) is 21.6 Å². The van der Waals surface area contributed by atoms with Gasteiger partial charge in [-0.15, -0.1) is 0 Å². The van der Waals surface area contributed by atoms with Crippen molar-refractivity contribution in [3.63, 3.8) is 0 Å². The number of alkyl halides is 3. The standard InChI is InChI=1S/C27H26F3N5O2S/c1-19(25-32-24-10-6-5-9-23(24)26(33-25)31-21-7-3-2-4-8-21)34-15-17-35(18-16-34)38(36,37)22-13-11-20(12-14-22)27(28,29)30/h2-14,19H,15-18H2,1H3,(H,31,32,33). The van der Waals surface area contributed by atoms with E-state index in [0.717, 1.165) is 40.9 Å². The second-order valence-corrected chi connectivity index (χ2v) is 11.0. The molecule has 1 aromatic heterocycles. The highest BCUT2D eigenvalue weighted by atomic mass is 32.2. The van der Waals surface area contributed by atoms with Gasteiger partial charge in [0, 0.05) is 37.3 Å². The molecule has 3 aromatic carbocycles. The number of piperazine rings is 1. The van der Waals surface area contributed by atoms with Crippen molar-refractivity contribution in [1.29, 1.82) is 0 Å². The quantitative estimate of drug-likeness (QED) is 0.349. The van der Waals surface area contributed by atoms with Gasteiger partial charge in [-0.2, -0.15) is 17.5 Å². The topological polar surface area (TPSA) is 78.4 Å². The zero-order chi connectivity index (χ0) is 26.9. The predicted molar refractivity (Wildman–Crippen MR) is 139 cm³/mol. The summed E-state index contributed by atoms with van der Waals surface area (Å²) in [5.74, 6) is 1.30. The van der Waals surface area contributed by atoms with Crippen LogP contribution in [0.2, 0.25) is 0 Å². The smallest absolute Gasteiger partial charge is 0.340 e. The largest absolute Gasteiger partial charge is 0.416 e. The molecule has 0 saturated carbocycles. The Morgan fingerprint density at radius 2 is 1.47 bits per heavy atom. The van der Waals surface area contributed by atoms with Gasteiger partial charge in [0.05, 0.1) is 22.0 Å². The molecule has 0 aliphatic carbocycles. The van der Waals surface area contributed by atoms with E-state index in [2.05, 4.69) is 10.2 Å². The number of sulfonamides is 1. The molecule has 1 aliphatic rings. The number of hydrogen-bond acceptors (Lipinski definition) is 6. The van der Waals surface area contributed by atoms with Crippen LogP contribution in [0.3, 0.4) is 0 Å². The lowest BCUT2D eigenvalue weighted by molar-refractivity contribution is -0.137. The number of para-hydroxylation sites is 2. The molecule has 0 amide bonds. The zero-order valence-corrected chi connectivity index (χ0v) is 21.4. The molecule has 38 heavy (non-hydrogen) atoms. The third-order valence-electron chi connectivity index (χ3n) is 6.67. The van der Waals surface area contributed by atoms with E-state index >= 15 is 0 Å². The van der Waals surface area contributed by atoms with Crippen LogP contribution in [0.1, 0.15) is 24.4 Å². The van der Waals surface area contributed by atoms with Crippen LogP contribution in [-0.4, -0.2) is 53.8 Å². The molecule has 1 aliphatic heterocycles. The monoisotopic (exact) mass is 541 g/mol. The molecule has 2 heterocycles. The number of hydrogen-bond donors (Lipinski definition) is 1. The van der Waals surface area contributed by atoms with Crippen LogP contribution in [-0.2, 0) is 16.2 Å². The summed E-state index contributed by atoms with van der Waals surface area (Å²) < 4.78 is 66.0. The summed E-state index contributed by atoms with van der Waals surface area (Å²) in [5, 5.41) is 4.26. The highest BCUT2D eigenvalue weighted by Crippen LogP contribution is 2.31. The van der Waals surface area contributed by atoms with E-state index in [-0.39, 0.29) is 24.0 Å². The average Bonchev–Trinajstić information content (AvgIpc) is 2.93. The number of benzene rings is 3. The summed E-state index contributed by atoms with van der Waals surface area (Å²) in [6.07, 6.45) is -4.52. The van der Waals surface area contributed by atoms with Crippen LogP contribution in [0, 0.1) is 0 Å². The van der Waals surface area contributed by atoms with Crippen molar-refractivity contribution in [2.24, 2.45) is 0 Å². The van der Waals surface area contributed by atoms with Gasteiger partial charge in [-0.1, -0.05) is 30.3 Å². The third-order valence-corrected chi connectivity index (χ3v) is 8.58. The lowest BCUT2D eigenvalue weighted by atomic mass is 10.2. The summed E-state index contributed by atoms with van der Waals surface area (Å²) in [6.45, 7) is 3.25. The number of anilines is 2. The lowest BCUT2D eigenvalue weighted by Gasteiger charge is -2.37. The first kappa shape index (κ1) is 26.1. The molecule has 1 unspecified atom stereocenters. The molecule has 7 nitrogen and oxygen atoms in total. The zero-order valence-electron chi connectivity index (χ0n) is 20.6. The predicted octanol–water partition coefficient (Wildman–Crippen LogP) is 5.46. The van der Waals surface area contributed by atoms with Gasteiger partial charge in [0.15, 0.2) is 0 Å². The number of nitrogens with zero attached hydrogens (tertiary/aromatic N) is 4. The van der Waals surface area contributed by atoms with Crippen LogP contribution in [0.15, 0.2) is 83.8 Å². The maximum absolute atomic E-state index is 13.1. The Kier molecular flexibility index (Phi) is 7.08. The number of nitrogens with one attached hydrogen (secondary N) is 1. The highest BCUT2D eigenvalue weighted by Gasteiger charge is 2.33. The molecular formula is C27H26F3N5O2S. The normalized spacial score (nSPS) is 16.4. The fraction of sp³-hybridized carbons (Fsp3) is 0.259. The van der Waals surface area contributed by atoms with Gasteiger partial charge in [0.1, 0.15) is 11.6 Å². The Morgan fingerprint density at radius 3 is 2.13 bits per heavy atom. The summed E-state index contributed by atoms with van der Waals surface area (Å²) in [4.78, 5) is 11.6. The van der Waals surface area contributed by atoms with Gasteiger partial charge in [0.2, 0.25) is 10.0 Å². The van der Waals surface area contributed by atoms with Crippen molar-refractivity contribution in [3.05, 3.63) is 90.3 Å². The third kappa shape index (κ3) is 5.35. The number of halogens is 3. The van der Waals surface area contributed by atoms with Crippen molar-refractivity contribution in [3.8, 4) is 0 Å². The maximum Gasteiger partial charge on any atom is 0.416 e. The van der Waals surface area contributed by atoms with Crippen LogP contribution in [0.4, 0.5) is 24.7 Å². The Bertz CT molecular complexity index is 1520. The molecule has 1 N–H and O–H groups in total. The summed E-state index contributed by atoms with van der Waals surface area (Å²) in [7, 11) is -3.91. The van der Waals surface area contributed by atoms with E-state index in [1.165, 1.54) is 4.31 Å². The van der Waals surface area contributed by atoms with E-state index in [4.69, 9.17) is 9.97 Å². The number of fused-ring (bicyclic) bond motifs is 1. The minimum Gasteiger partial charge on any atom is -0.340 e. The Balaban J connectivity index is 1.32. The van der Waals surface area contributed by atoms with Gasteiger partial charge < -0.3 is 5.32 Å². The first-order chi connectivity index (χ1) is 18.1. The van der Waals surface area contributed by atoms with Crippen LogP contribution >= 0.6 is 0 Å². The Morgan fingerprint density at radius 1 is 0.842 bits per heavy atom. The maximum atomic E-state index is 13.1. The molecule has 198 valence electrons. The van der Waals surface area contributed by atoms with E-state index in [0.29, 0.717) is 24.7 Å². The molecule has 1 atom stereocenters. The van der Waals surface area contributed by atoms with Crippen molar-refractivity contribution in [2.45, 2.75) is 24.0 Å². The number of aromatic nitrogens is 2. The molecule has 1 saturated heterocycles. The molecule has 5 rings (SSSR count).